The molecule has 0 spiro atoms. The third-order valence-corrected chi connectivity index (χ3v) is 2.50. The Morgan fingerprint density at radius 2 is 1.87 bits per heavy atom. The van der Waals surface area contributed by atoms with Crippen molar-refractivity contribution in [3.63, 3.8) is 0 Å². The van der Waals surface area contributed by atoms with Gasteiger partial charge in [0.1, 0.15) is 0 Å². The highest BCUT2D eigenvalue weighted by Crippen LogP contribution is 2.14. The zero-order valence-electron chi connectivity index (χ0n) is 10.1. The van der Waals surface area contributed by atoms with Crippen LogP contribution in [0.25, 0.3) is 0 Å². The number of hydrogen-bond donors (Lipinski definition) is 0. The number of nitrogens with zero attached hydrogens (tertiary/aromatic N) is 2. The van der Waals surface area contributed by atoms with Crippen LogP contribution in [0.3, 0.4) is 0 Å². The van der Waals surface area contributed by atoms with Crippen LogP contribution in [0, 0.1) is 5.92 Å². The fourth-order valence-corrected chi connectivity index (χ4v) is 1.61. The minimum atomic E-state index is 0.770. The summed E-state index contributed by atoms with van der Waals surface area (Å²) in [5.74, 6) is 0.770. The summed E-state index contributed by atoms with van der Waals surface area (Å²) in [5.41, 5.74) is 1.30. The lowest BCUT2D eigenvalue weighted by atomic mass is 10.1. The highest BCUT2D eigenvalue weighted by atomic mass is 15.1. The maximum atomic E-state index is 4.06. The van der Waals surface area contributed by atoms with Gasteiger partial charge in [-0.3, -0.25) is 4.98 Å². The van der Waals surface area contributed by atoms with E-state index in [1.807, 2.05) is 12.4 Å². The first kappa shape index (κ1) is 12.0. The van der Waals surface area contributed by atoms with Gasteiger partial charge in [-0.15, -0.1) is 0 Å². The molecule has 0 amide bonds. The van der Waals surface area contributed by atoms with Crippen LogP contribution in [0.4, 0.5) is 5.69 Å². The third-order valence-electron chi connectivity index (χ3n) is 2.50. The molecule has 0 atom stereocenters. The summed E-state index contributed by atoms with van der Waals surface area (Å²) in [7, 11) is 0. The van der Waals surface area contributed by atoms with Gasteiger partial charge in [-0.2, -0.15) is 0 Å². The lowest BCUT2D eigenvalue weighted by Gasteiger charge is -2.24. The van der Waals surface area contributed by atoms with Crippen molar-refractivity contribution < 1.29 is 0 Å². The Hall–Kier alpha value is -1.05. The molecule has 2 nitrogen and oxygen atoms in total. The summed E-state index contributed by atoms with van der Waals surface area (Å²) in [6, 6.07) is 4.19. The van der Waals surface area contributed by atoms with Gasteiger partial charge in [0.05, 0.1) is 0 Å². The molecule has 1 aromatic heterocycles. The van der Waals surface area contributed by atoms with Crippen LogP contribution < -0.4 is 4.90 Å². The van der Waals surface area contributed by atoms with Gasteiger partial charge in [0.2, 0.25) is 0 Å². The zero-order valence-corrected chi connectivity index (χ0v) is 10.1. The van der Waals surface area contributed by atoms with Crippen LogP contribution in [-0.4, -0.2) is 18.1 Å². The van der Waals surface area contributed by atoms with Crippen molar-refractivity contribution in [3.05, 3.63) is 24.5 Å². The molecule has 0 N–H and O–H groups in total. The van der Waals surface area contributed by atoms with Crippen molar-refractivity contribution in [1.82, 2.24) is 4.98 Å². The molecule has 0 fully saturated rings. The highest BCUT2D eigenvalue weighted by molar-refractivity contribution is 5.44. The minimum absolute atomic E-state index is 0.770. The van der Waals surface area contributed by atoms with Crippen molar-refractivity contribution in [3.8, 4) is 0 Å². The van der Waals surface area contributed by atoms with E-state index in [9.17, 15) is 0 Å². The van der Waals surface area contributed by atoms with Gasteiger partial charge < -0.3 is 4.90 Å². The van der Waals surface area contributed by atoms with Crippen molar-refractivity contribution in [2.24, 2.45) is 5.92 Å². The summed E-state index contributed by atoms with van der Waals surface area (Å²) in [4.78, 5) is 6.50. The lowest BCUT2D eigenvalue weighted by molar-refractivity contribution is 0.570. The molecule has 0 aliphatic carbocycles. The molecule has 1 aromatic rings. The Bertz CT molecular complexity index is 256. The first-order valence-corrected chi connectivity index (χ1v) is 5.89. The van der Waals surface area contributed by atoms with Crippen LogP contribution in [-0.2, 0) is 0 Å². The molecule has 0 saturated heterocycles. The first-order valence-electron chi connectivity index (χ1n) is 5.89. The maximum Gasteiger partial charge on any atom is 0.0397 e. The number of aromatic nitrogens is 1. The zero-order chi connectivity index (χ0) is 11.1. The molecule has 15 heavy (non-hydrogen) atoms. The van der Waals surface area contributed by atoms with Crippen LogP contribution in [0.2, 0.25) is 0 Å². The number of anilines is 1. The van der Waals surface area contributed by atoms with E-state index in [1.165, 1.54) is 18.5 Å². The monoisotopic (exact) mass is 206 g/mol. The normalized spacial score (nSPS) is 10.7. The van der Waals surface area contributed by atoms with E-state index in [0.29, 0.717) is 0 Å². The molecule has 84 valence electrons. The quantitative estimate of drug-likeness (QED) is 0.709. The second-order valence-electron chi connectivity index (χ2n) is 4.37. The fourth-order valence-electron chi connectivity index (χ4n) is 1.61. The van der Waals surface area contributed by atoms with E-state index >= 15 is 0 Å². The molecule has 0 radical (unpaired) electrons. The van der Waals surface area contributed by atoms with Crippen molar-refractivity contribution in [2.75, 3.05) is 18.0 Å². The van der Waals surface area contributed by atoms with Crippen molar-refractivity contribution in [1.29, 1.82) is 0 Å². The molecule has 0 aliphatic heterocycles. The average molecular weight is 206 g/mol. The Labute approximate surface area is 93.3 Å². The minimum Gasteiger partial charge on any atom is -0.371 e. The standard InChI is InChI=1S/C13H22N2/c1-4-10-15(11-7-12(2)3)13-5-8-14-9-6-13/h5-6,8-9,12H,4,7,10-11H2,1-3H3. The molecule has 1 rings (SSSR count). The molecule has 0 aliphatic rings. The van der Waals surface area contributed by atoms with Crippen molar-refractivity contribution >= 4 is 5.69 Å². The van der Waals surface area contributed by atoms with E-state index < -0.39 is 0 Å². The van der Waals surface area contributed by atoms with Gasteiger partial charge in [0, 0.05) is 31.2 Å². The molecule has 1 heterocycles. The number of pyridine rings is 1. The third kappa shape index (κ3) is 4.32. The predicted molar refractivity (Wildman–Crippen MR) is 66.2 cm³/mol. The van der Waals surface area contributed by atoms with Gasteiger partial charge in [0.15, 0.2) is 0 Å². The largest absolute Gasteiger partial charge is 0.371 e. The smallest absolute Gasteiger partial charge is 0.0397 e. The lowest BCUT2D eigenvalue weighted by Crippen LogP contribution is -2.26. The summed E-state index contributed by atoms with van der Waals surface area (Å²) < 4.78 is 0. The van der Waals surface area contributed by atoms with E-state index in [4.69, 9.17) is 0 Å². The van der Waals surface area contributed by atoms with E-state index in [-0.39, 0.29) is 0 Å². The van der Waals surface area contributed by atoms with Crippen molar-refractivity contribution in [2.45, 2.75) is 33.6 Å². The first-order chi connectivity index (χ1) is 7.24. The molecular formula is C13H22N2. The van der Waals surface area contributed by atoms with Crippen LogP contribution in [0.5, 0.6) is 0 Å². The molecule has 0 aromatic carbocycles. The molecule has 0 unspecified atom stereocenters. The number of rotatable bonds is 6. The van der Waals surface area contributed by atoms with Gasteiger partial charge >= 0.3 is 0 Å². The molecule has 0 bridgehead atoms. The van der Waals surface area contributed by atoms with Gasteiger partial charge in [-0.1, -0.05) is 20.8 Å². The Balaban J connectivity index is 2.57. The molecule has 0 saturated carbocycles. The van der Waals surface area contributed by atoms with Crippen LogP contribution in [0.15, 0.2) is 24.5 Å². The summed E-state index contributed by atoms with van der Waals surface area (Å²) in [5, 5.41) is 0. The fraction of sp³-hybridized carbons (Fsp3) is 0.615. The molecule has 2 heteroatoms. The second-order valence-corrected chi connectivity index (χ2v) is 4.37. The highest BCUT2D eigenvalue weighted by Gasteiger charge is 2.05. The van der Waals surface area contributed by atoms with Crippen LogP contribution in [0.1, 0.15) is 33.6 Å². The van der Waals surface area contributed by atoms with Gasteiger partial charge in [0.25, 0.3) is 0 Å². The Morgan fingerprint density at radius 1 is 1.20 bits per heavy atom. The summed E-state index contributed by atoms with van der Waals surface area (Å²) >= 11 is 0. The molecular weight excluding hydrogens is 184 g/mol. The Morgan fingerprint density at radius 3 is 2.40 bits per heavy atom. The number of hydrogen-bond acceptors (Lipinski definition) is 2. The predicted octanol–water partition coefficient (Wildman–Crippen LogP) is 3.34. The van der Waals surface area contributed by atoms with E-state index in [2.05, 4.69) is 42.8 Å². The van der Waals surface area contributed by atoms with E-state index in [0.717, 1.165) is 19.0 Å². The van der Waals surface area contributed by atoms with Gasteiger partial charge in [-0.05, 0) is 30.9 Å². The average Bonchev–Trinajstić information content (AvgIpc) is 2.25. The topological polar surface area (TPSA) is 16.1 Å². The Kier molecular flexibility index (Phi) is 5.16. The summed E-state index contributed by atoms with van der Waals surface area (Å²) in [6.45, 7) is 9.06. The SMILES string of the molecule is CCCN(CCC(C)C)c1ccncc1. The van der Waals surface area contributed by atoms with Gasteiger partial charge in [-0.25, -0.2) is 0 Å². The summed E-state index contributed by atoms with van der Waals surface area (Å²) in [6.07, 6.45) is 6.18. The second kappa shape index (κ2) is 6.44. The maximum absolute atomic E-state index is 4.06. The van der Waals surface area contributed by atoms with Crippen LogP contribution >= 0.6 is 0 Å². The van der Waals surface area contributed by atoms with E-state index in [1.54, 1.807) is 0 Å².